The van der Waals surface area contributed by atoms with Gasteiger partial charge in [-0.2, -0.15) is 26.3 Å². The van der Waals surface area contributed by atoms with Crippen molar-refractivity contribution < 1.29 is 41.3 Å². The highest BCUT2D eigenvalue weighted by Gasteiger charge is 2.71. The highest BCUT2D eigenvalue weighted by atomic mass is 32.2. The number of methoxy groups -OCH3 is 1. The van der Waals surface area contributed by atoms with Gasteiger partial charge >= 0.3 is 12.4 Å². The summed E-state index contributed by atoms with van der Waals surface area (Å²) in [6, 6.07) is 11.9. The predicted molar refractivity (Wildman–Crippen MR) is 140 cm³/mol. The van der Waals surface area contributed by atoms with Crippen molar-refractivity contribution in [3.8, 4) is 32.4 Å². The number of aryl methyl sites for hydroxylation is 2. The summed E-state index contributed by atoms with van der Waals surface area (Å²) in [4.78, 5) is 10.1. The Hall–Kier alpha value is -3.29. The van der Waals surface area contributed by atoms with E-state index in [0.717, 1.165) is 29.1 Å². The Bertz CT molecular complexity index is 1480. The van der Waals surface area contributed by atoms with E-state index in [1.807, 2.05) is 26.0 Å². The molecular formula is C27H22F6N2O3S2. The third-order valence-electron chi connectivity index (χ3n) is 5.98. The van der Waals surface area contributed by atoms with Crippen LogP contribution < -0.4 is 4.74 Å². The maximum absolute atomic E-state index is 13.4. The molecule has 4 rings (SSSR count). The van der Waals surface area contributed by atoms with Gasteiger partial charge in [-0.3, -0.25) is 0 Å². The lowest BCUT2D eigenvalue weighted by atomic mass is 9.91. The molecule has 212 valence electrons. The third kappa shape index (κ3) is 5.77. The van der Waals surface area contributed by atoms with Gasteiger partial charge in [-0.05, 0) is 60.9 Å². The van der Waals surface area contributed by atoms with E-state index >= 15 is 0 Å². The number of aliphatic hydroxyl groups is 1. The van der Waals surface area contributed by atoms with Crippen LogP contribution in [-0.4, -0.2) is 39.6 Å². The van der Waals surface area contributed by atoms with Gasteiger partial charge in [-0.1, -0.05) is 36.0 Å². The smallest absolute Gasteiger partial charge is 0.430 e. The molecule has 0 aliphatic rings. The topological polar surface area (TPSA) is 75.5 Å². The monoisotopic (exact) mass is 600 g/mol. The minimum absolute atomic E-state index is 0.0996. The van der Waals surface area contributed by atoms with Crippen LogP contribution in [0.5, 0.6) is 11.5 Å². The first kappa shape index (κ1) is 29.7. The predicted octanol–water partition coefficient (Wildman–Crippen LogP) is 7.81. The van der Waals surface area contributed by atoms with Gasteiger partial charge in [-0.15, -0.1) is 11.3 Å². The van der Waals surface area contributed by atoms with Crippen molar-refractivity contribution in [2.75, 3.05) is 7.11 Å². The Morgan fingerprint density at radius 1 is 0.850 bits per heavy atom. The van der Waals surface area contributed by atoms with Gasteiger partial charge in [0.15, 0.2) is 16.7 Å². The molecule has 0 saturated carbocycles. The molecule has 0 aliphatic heterocycles. The Labute approximate surface area is 233 Å². The van der Waals surface area contributed by atoms with E-state index in [2.05, 4.69) is 9.97 Å². The molecule has 5 nitrogen and oxygen atoms in total. The summed E-state index contributed by atoms with van der Waals surface area (Å²) in [5.74, 6) is 0.506. The number of rotatable bonds is 7. The molecule has 2 N–H and O–H groups in total. The van der Waals surface area contributed by atoms with Crippen LogP contribution in [0.15, 0.2) is 59.8 Å². The number of alkyl halides is 6. The summed E-state index contributed by atoms with van der Waals surface area (Å²) in [6.07, 6.45) is -12.0. The number of halogens is 6. The van der Waals surface area contributed by atoms with Crippen LogP contribution in [0.4, 0.5) is 26.3 Å². The zero-order valence-corrected chi connectivity index (χ0v) is 22.8. The Morgan fingerprint density at radius 3 is 1.95 bits per heavy atom. The van der Waals surface area contributed by atoms with Crippen molar-refractivity contribution in [1.29, 1.82) is 0 Å². The molecule has 40 heavy (non-hydrogen) atoms. The summed E-state index contributed by atoms with van der Waals surface area (Å²) >= 11 is 2.56. The quantitative estimate of drug-likeness (QED) is 0.128. The number of hydrogen-bond donors (Lipinski definition) is 2. The van der Waals surface area contributed by atoms with Gasteiger partial charge < -0.3 is 14.9 Å². The van der Waals surface area contributed by atoms with Crippen molar-refractivity contribution in [2.45, 2.75) is 42.7 Å². The third-order valence-corrected chi connectivity index (χ3v) is 8.15. The zero-order valence-electron chi connectivity index (χ0n) is 21.2. The number of benzene rings is 2. The van der Waals surface area contributed by atoms with E-state index in [1.165, 1.54) is 36.3 Å². The van der Waals surface area contributed by atoms with E-state index in [9.17, 15) is 36.6 Å². The van der Waals surface area contributed by atoms with Crippen molar-refractivity contribution in [2.24, 2.45) is 0 Å². The van der Waals surface area contributed by atoms with Crippen LogP contribution in [0, 0.1) is 13.8 Å². The van der Waals surface area contributed by atoms with Crippen LogP contribution in [0.2, 0.25) is 0 Å². The minimum Gasteiger partial charge on any atom is -0.504 e. The van der Waals surface area contributed by atoms with E-state index in [0.29, 0.717) is 43.9 Å². The zero-order chi connectivity index (χ0) is 29.5. The SMILES string of the molecule is COc1ccc(-c2cc(CSc3nc(C)cc(C)n3)c(-c3ccc(C(O)(C(F)(F)F)C(F)(F)F)cc3)s2)cc1O. The van der Waals surface area contributed by atoms with Gasteiger partial charge in [0, 0.05) is 32.5 Å². The summed E-state index contributed by atoms with van der Waals surface area (Å²) in [5.41, 5.74) is -3.12. The first-order chi connectivity index (χ1) is 18.6. The fraction of sp³-hybridized carbons (Fsp3) is 0.259. The Kier molecular flexibility index (Phi) is 8.12. The summed E-state index contributed by atoms with van der Waals surface area (Å²) in [6.45, 7) is 3.65. The van der Waals surface area contributed by atoms with Gasteiger partial charge in [0.1, 0.15) is 0 Å². The van der Waals surface area contributed by atoms with Crippen LogP contribution in [0.25, 0.3) is 20.9 Å². The largest absolute Gasteiger partial charge is 0.504 e. The summed E-state index contributed by atoms with van der Waals surface area (Å²) in [5, 5.41) is 20.5. The second-order valence-corrected chi connectivity index (χ2v) is 10.9. The van der Waals surface area contributed by atoms with Crippen molar-refractivity contribution in [3.63, 3.8) is 0 Å². The lowest BCUT2D eigenvalue weighted by Crippen LogP contribution is -2.53. The van der Waals surface area contributed by atoms with E-state index in [-0.39, 0.29) is 11.5 Å². The van der Waals surface area contributed by atoms with Crippen LogP contribution in [-0.2, 0) is 11.4 Å². The molecule has 0 amide bonds. The fourth-order valence-electron chi connectivity index (χ4n) is 4.02. The first-order valence-corrected chi connectivity index (χ1v) is 13.4. The minimum atomic E-state index is -5.98. The molecule has 0 spiro atoms. The molecule has 13 heteroatoms. The standard InChI is InChI=1S/C27H22F6N2O3S2/c1-14-10-15(2)35-24(34-14)39-13-18-12-22(17-6-9-21(38-3)20(36)11-17)40-23(18)16-4-7-19(8-5-16)25(37,26(28,29)30)27(31,32)33/h4-12,36-37H,13H2,1-3H3. The normalized spacial score (nSPS) is 12.6. The number of aromatic hydroxyl groups is 1. The number of ether oxygens (including phenoxy) is 1. The van der Waals surface area contributed by atoms with Crippen LogP contribution in [0.1, 0.15) is 22.5 Å². The molecule has 0 saturated heterocycles. The van der Waals surface area contributed by atoms with Crippen molar-refractivity contribution in [1.82, 2.24) is 9.97 Å². The number of hydrogen-bond acceptors (Lipinski definition) is 7. The molecule has 0 radical (unpaired) electrons. The fourth-order valence-corrected chi connectivity index (χ4v) is 6.22. The highest BCUT2D eigenvalue weighted by molar-refractivity contribution is 7.98. The number of thioether (sulfide) groups is 1. The number of phenols is 1. The second-order valence-electron chi connectivity index (χ2n) is 8.86. The molecule has 2 aromatic carbocycles. The summed E-state index contributed by atoms with van der Waals surface area (Å²) in [7, 11) is 1.41. The molecule has 4 aromatic rings. The average Bonchev–Trinajstić information content (AvgIpc) is 3.29. The molecule has 0 aliphatic carbocycles. The molecule has 2 heterocycles. The molecule has 2 aromatic heterocycles. The number of nitrogens with zero attached hydrogens (tertiary/aromatic N) is 2. The number of thiophene rings is 1. The molecule has 0 bridgehead atoms. The second kappa shape index (κ2) is 10.9. The molecule has 0 unspecified atom stereocenters. The molecule has 0 atom stereocenters. The van der Waals surface area contributed by atoms with Gasteiger partial charge in [0.2, 0.25) is 0 Å². The van der Waals surface area contributed by atoms with Crippen LogP contribution >= 0.6 is 23.1 Å². The maximum Gasteiger partial charge on any atom is 0.430 e. The van der Waals surface area contributed by atoms with Crippen molar-refractivity contribution in [3.05, 3.63) is 77.1 Å². The van der Waals surface area contributed by atoms with Gasteiger partial charge in [0.25, 0.3) is 5.60 Å². The van der Waals surface area contributed by atoms with Gasteiger partial charge in [-0.25, -0.2) is 9.97 Å². The lowest BCUT2D eigenvalue weighted by Gasteiger charge is -2.32. The number of aromatic nitrogens is 2. The Balaban J connectivity index is 1.77. The molecule has 0 fully saturated rings. The molecular weight excluding hydrogens is 578 g/mol. The Morgan fingerprint density at radius 2 is 1.43 bits per heavy atom. The van der Waals surface area contributed by atoms with E-state index < -0.39 is 23.5 Å². The number of phenolic OH excluding ortho intramolecular Hbond substituents is 1. The maximum atomic E-state index is 13.4. The average molecular weight is 601 g/mol. The van der Waals surface area contributed by atoms with Gasteiger partial charge in [0.05, 0.1) is 7.11 Å². The van der Waals surface area contributed by atoms with E-state index in [4.69, 9.17) is 4.74 Å². The first-order valence-electron chi connectivity index (χ1n) is 11.6. The highest BCUT2D eigenvalue weighted by Crippen LogP contribution is 2.50. The summed E-state index contributed by atoms with van der Waals surface area (Å²) < 4.78 is 85.2. The van der Waals surface area contributed by atoms with E-state index in [1.54, 1.807) is 12.1 Å². The lowest BCUT2D eigenvalue weighted by molar-refractivity contribution is -0.376. The van der Waals surface area contributed by atoms with Crippen molar-refractivity contribution >= 4 is 23.1 Å². The van der Waals surface area contributed by atoms with Crippen LogP contribution in [0.3, 0.4) is 0 Å².